The molecule has 2 amide bonds. The predicted molar refractivity (Wildman–Crippen MR) is 76.1 cm³/mol. The molecule has 0 saturated carbocycles. The van der Waals surface area contributed by atoms with Gasteiger partial charge < -0.3 is 20.8 Å². The van der Waals surface area contributed by atoms with Crippen LogP contribution in [0.1, 0.15) is 30.7 Å². The molecule has 132 valence electrons. The molecule has 0 radical (unpaired) electrons. The molecule has 3 rings (SSSR count). The van der Waals surface area contributed by atoms with E-state index in [0.29, 0.717) is 17.9 Å². The molecule has 2 atom stereocenters. The molecule has 1 aromatic heterocycles. The number of hydroxylamine groups is 2. The van der Waals surface area contributed by atoms with Crippen molar-refractivity contribution in [1.29, 1.82) is 0 Å². The van der Waals surface area contributed by atoms with Crippen LogP contribution in [-0.2, 0) is 21.2 Å². The van der Waals surface area contributed by atoms with Crippen LogP contribution in [0.4, 0.5) is 4.79 Å². The van der Waals surface area contributed by atoms with Crippen LogP contribution in [0.15, 0.2) is 9.41 Å². The van der Waals surface area contributed by atoms with Gasteiger partial charge in [0.05, 0.1) is 6.04 Å². The number of piperidine rings is 1. The maximum atomic E-state index is 12.3. The van der Waals surface area contributed by atoms with Crippen LogP contribution in [0.25, 0.3) is 0 Å². The van der Waals surface area contributed by atoms with Gasteiger partial charge in [-0.2, -0.15) is 13.5 Å². The number of fused-ring (bicyclic) bond motifs is 2. The van der Waals surface area contributed by atoms with E-state index >= 15 is 0 Å². The van der Waals surface area contributed by atoms with E-state index in [1.165, 1.54) is 4.90 Å². The van der Waals surface area contributed by atoms with Crippen molar-refractivity contribution in [3.05, 3.63) is 11.8 Å². The minimum absolute atomic E-state index is 0.0105. The summed E-state index contributed by atoms with van der Waals surface area (Å²) in [4.78, 5) is 17.4. The average molecular weight is 361 g/mol. The number of urea groups is 1. The van der Waals surface area contributed by atoms with Crippen LogP contribution >= 0.6 is 0 Å². The van der Waals surface area contributed by atoms with Gasteiger partial charge in [0.15, 0.2) is 5.96 Å². The summed E-state index contributed by atoms with van der Waals surface area (Å²) in [5.41, 5.74) is 10.4. The van der Waals surface area contributed by atoms with Crippen molar-refractivity contribution >= 4 is 22.4 Å². The Kier molecular flexibility index (Phi) is 4.02. The normalized spacial score (nSPS) is 23.6. The third-order valence-corrected chi connectivity index (χ3v) is 4.01. The van der Waals surface area contributed by atoms with Gasteiger partial charge in [0.2, 0.25) is 11.8 Å². The molecule has 24 heavy (non-hydrogen) atoms. The number of rotatable bonds is 5. The van der Waals surface area contributed by atoms with Crippen molar-refractivity contribution < 1.29 is 26.5 Å². The van der Waals surface area contributed by atoms with Gasteiger partial charge in [-0.15, -0.1) is 14.5 Å². The first-order valence-corrected chi connectivity index (χ1v) is 8.25. The lowest BCUT2D eigenvalue weighted by atomic mass is 10.0. The lowest BCUT2D eigenvalue weighted by Gasteiger charge is -2.27. The predicted octanol–water partition coefficient (Wildman–Crippen LogP) is -1.48. The second-order valence-corrected chi connectivity index (χ2v) is 6.29. The van der Waals surface area contributed by atoms with Crippen LogP contribution in [0.5, 0.6) is 0 Å². The lowest BCUT2D eigenvalue weighted by Crippen LogP contribution is -2.35. The van der Waals surface area contributed by atoms with E-state index in [0.717, 1.165) is 0 Å². The number of hydrogen-bond donors (Lipinski definition) is 3. The van der Waals surface area contributed by atoms with Crippen LogP contribution in [0, 0.1) is 0 Å². The van der Waals surface area contributed by atoms with Crippen molar-refractivity contribution in [3.8, 4) is 0 Å². The Morgan fingerprint density at radius 2 is 2.17 bits per heavy atom. The van der Waals surface area contributed by atoms with Crippen LogP contribution < -0.4 is 11.5 Å². The summed E-state index contributed by atoms with van der Waals surface area (Å²) in [5.74, 6) is 0.248. The molecule has 1 aromatic rings. The minimum atomic E-state index is -4.78. The summed E-state index contributed by atoms with van der Waals surface area (Å²) in [5, 5.41) is 8.32. The highest BCUT2D eigenvalue weighted by Crippen LogP contribution is 2.38. The molecule has 0 unspecified atom stereocenters. The third-order valence-electron chi connectivity index (χ3n) is 3.66. The van der Waals surface area contributed by atoms with Gasteiger partial charge in [0, 0.05) is 6.54 Å². The lowest BCUT2D eigenvalue weighted by molar-refractivity contribution is -0.0317. The van der Waals surface area contributed by atoms with Crippen molar-refractivity contribution in [2.24, 2.45) is 16.5 Å². The molecule has 14 heteroatoms. The van der Waals surface area contributed by atoms with Gasteiger partial charge in [0.25, 0.3) is 0 Å². The Hall–Kier alpha value is -2.45. The number of aliphatic imine (C=N–C) groups is 1. The molecular weight excluding hydrogens is 346 g/mol. The molecule has 2 fully saturated rings. The summed E-state index contributed by atoms with van der Waals surface area (Å²) in [7, 11) is -4.78. The molecule has 2 bridgehead atoms. The fourth-order valence-electron chi connectivity index (χ4n) is 2.71. The van der Waals surface area contributed by atoms with E-state index in [9.17, 15) is 13.2 Å². The molecule has 5 N–H and O–H groups in total. The van der Waals surface area contributed by atoms with E-state index in [1.807, 2.05) is 0 Å². The van der Waals surface area contributed by atoms with Crippen LogP contribution in [0.2, 0.25) is 0 Å². The monoisotopic (exact) mass is 361 g/mol. The fourth-order valence-corrected chi connectivity index (χ4v) is 3.10. The molecule has 0 aliphatic carbocycles. The van der Waals surface area contributed by atoms with E-state index < -0.39 is 28.5 Å². The number of nitrogens with two attached hydrogens (primary N) is 2. The number of hydrogen-bond acceptors (Lipinski definition) is 8. The number of guanidine groups is 1. The smallest absolute Gasteiger partial charge is 0.418 e. The SMILES string of the molecule is NC(N)=NCc1nnc([C@@H]2CC[C@@H]3CN2C(=O)N3OS(=O)(=O)O)o1. The van der Waals surface area contributed by atoms with Crippen molar-refractivity contribution in [2.75, 3.05) is 6.54 Å². The van der Waals surface area contributed by atoms with Crippen molar-refractivity contribution in [1.82, 2.24) is 20.2 Å². The number of aromatic nitrogens is 2. The Morgan fingerprint density at radius 3 is 2.83 bits per heavy atom. The van der Waals surface area contributed by atoms with E-state index in [-0.39, 0.29) is 30.8 Å². The number of carbonyl (C=O) groups excluding carboxylic acids is 1. The quantitative estimate of drug-likeness (QED) is 0.316. The Balaban J connectivity index is 1.76. The maximum Gasteiger partial charge on any atom is 0.418 e. The minimum Gasteiger partial charge on any atom is -0.421 e. The topological polar surface area (TPSA) is 190 Å². The number of carbonyl (C=O) groups is 1. The van der Waals surface area contributed by atoms with Gasteiger partial charge in [-0.3, -0.25) is 4.55 Å². The first-order valence-electron chi connectivity index (χ1n) is 6.89. The van der Waals surface area contributed by atoms with E-state index in [1.54, 1.807) is 0 Å². The zero-order valence-electron chi connectivity index (χ0n) is 12.3. The second kappa shape index (κ2) is 5.88. The van der Waals surface area contributed by atoms with Crippen LogP contribution in [-0.4, -0.2) is 57.7 Å². The Labute approximate surface area is 136 Å². The highest BCUT2D eigenvalue weighted by Gasteiger charge is 2.49. The summed E-state index contributed by atoms with van der Waals surface area (Å²) in [6, 6.07) is -1.71. The summed E-state index contributed by atoms with van der Waals surface area (Å²) in [6.45, 7) is 0.223. The van der Waals surface area contributed by atoms with Crippen molar-refractivity contribution in [2.45, 2.75) is 31.5 Å². The number of nitrogens with zero attached hydrogens (tertiary/aromatic N) is 5. The number of amides is 2. The van der Waals surface area contributed by atoms with Gasteiger partial charge in [-0.25, -0.2) is 9.79 Å². The first kappa shape index (κ1) is 16.4. The summed E-state index contributed by atoms with van der Waals surface area (Å²) in [6.07, 6.45) is 0.902. The fraction of sp³-hybridized carbons (Fsp3) is 0.600. The zero-order valence-corrected chi connectivity index (χ0v) is 13.1. The molecule has 0 spiro atoms. The first-order chi connectivity index (χ1) is 11.2. The molecule has 2 aliphatic rings. The largest absolute Gasteiger partial charge is 0.421 e. The molecule has 13 nitrogen and oxygen atoms in total. The Bertz CT molecular complexity index is 772. The highest BCUT2D eigenvalue weighted by atomic mass is 32.3. The Morgan fingerprint density at radius 1 is 1.42 bits per heavy atom. The standard InChI is InChI=1S/C10H15N7O6S/c11-9(12)13-3-7-14-15-8(22-7)6-2-1-5-4-16(6)10(18)17(5)23-24(19,20)21/h5-6H,1-4H2,(H4,11,12,13)(H,19,20,21)/t5-,6+/m1/s1. The molecule has 3 heterocycles. The zero-order chi connectivity index (χ0) is 17.5. The second-order valence-electron chi connectivity index (χ2n) is 5.29. The van der Waals surface area contributed by atoms with E-state index in [4.69, 9.17) is 20.4 Å². The third kappa shape index (κ3) is 3.24. The summed E-state index contributed by atoms with van der Waals surface area (Å²) >= 11 is 0. The van der Waals surface area contributed by atoms with Gasteiger partial charge in [-0.1, -0.05) is 0 Å². The summed E-state index contributed by atoms with van der Waals surface area (Å²) < 4.78 is 40.3. The van der Waals surface area contributed by atoms with Crippen molar-refractivity contribution in [3.63, 3.8) is 0 Å². The molecular formula is C10H15N7O6S. The molecule has 0 aromatic carbocycles. The van der Waals surface area contributed by atoms with Gasteiger partial charge in [-0.05, 0) is 12.8 Å². The molecule has 2 saturated heterocycles. The highest BCUT2D eigenvalue weighted by molar-refractivity contribution is 7.80. The van der Waals surface area contributed by atoms with Crippen LogP contribution in [0.3, 0.4) is 0 Å². The average Bonchev–Trinajstić information content (AvgIpc) is 3.04. The van der Waals surface area contributed by atoms with Gasteiger partial charge in [0.1, 0.15) is 12.6 Å². The van der Waals surface area contributed by atoms with E-state index in [2.05, 4.69) is 19.5 Å². The molecule has 2 aliphatic heterocycles. The van der Waals surface area contributed by atoms with Gasteiger partial charge >= 0.3 is 16.4 Å². The maximum absolute atomic E-state index is 12.3.